The summed E-state index contributed by atoms with van der Waals surface area (Å²) >= 11 is 0. The third-order valence-corrected chi connectivity index (χ3v) is 4.06. The predicted octanol–water partition coefficient (Wildman–Crippen LogP) is 0.988. The van der Waals surface area contributed by atoms with Crippen molar-refractivity contribution < 1.29 is 9.59 Å². The van der Waals surface area contributed by atoms with Gasteiger partial charge in [-0.25, -0.2) is 4.68 Å². The van der Waals surface area contributed by atoms with Crippen molar-refractivity contribution >= 4 is 17.6 Å². The summed E-state index contributed by atoms with van der Waals surface area (Å²) in [6.07, 6.45) is 4.13. The van der Waals surface area contributed by atoms with Crippen LogP contribution in [0.5, 0.6) is 0 Å². The van der Waals surface area contributed by atoms with E-state index in [2.05, 4.69) is 17.3 Å². The number of primary amides is 1. The van der Waals surface area contributed by atoms with Gasteiger partial charge in [-0.3, -0.25) is 14.5 Å². The lowest BCUT2D eigenvalue weighted by molar-refractivity contribution is -0.121. The van der Waals surface area contributed by atoms with Gasteiger partial charge in [-0.1, -0.05) is 0 Å². The van der Waals surface area contributed by atoms with E-state index in [4.69, 9.17) is 5.73 Å². The van der Waals surface area contributed by atoms with E-state index in [0.717, 1.165) is 0 Å². The van der Waals surface area contributed by atoms with Crippen molar-refractivity contribution in [1.82, 2.24) is 14.7 Å². The number of carbonyl (C=O) groups is 2. The molecule has 1 aliphatic carbocycles. The fraction of sp³-hybridized carbons (Fsp3) is 0.667. The SMILES string of the molecule is CC(C)N(CC(N)=O)CC(=O)Nc1ccnn1C(C)C1CC1. The van der Waals surface area contributed by atoms with Gasteiger partial charge in [0.1, 0.15) is 5.82 Å². The Kier molecular flexibility index (Phi) is 5.18. The number of carbonyl (C=O) groups excluding carboxylic acids is 2. The second kappa shape index (κ2) is 6.91. The molecular weight excluding hydrogens is 282 g/mol. The van der Waals surface area contributed by atoms with Crippen LogP contribution in [0.2, 0.25) is 0 Å². The first kappa shape index (κ1) is 16.5. The van der Waals surface area contributed by atoms with E-state index in [1.54, 1.807) is 17.2 Å². The van der Waals surface area contributed by atoms with Gasteiger partial charge in [0.2, 0.25) is 11.8 Å². The molecule has 3 N–H and O–H groups in total. The molecule has 0 radical (unpaired) electrons. The Morgan fingerprint density at radius 2 is 2.09 bits per heavy atom. The summed E-state index contributed by atoms with van der Waals surface area (Å²) in [5.41, 5.74) is 5.22. The van der Waals surface area contributed by atoms with Crippen molar-refractivity contribution in [3.8, 4) is 0 Å². The highest BCUT2D eigenvalue weighted by Gasteiger charge is 2.30. The summed E-state index contributed by atoms with van der Waals surface area (Å²) in [6.45, 7) is 6.17. The molecule has 1 saturated carbocycles. The molecule has 1 aromatic rings. The van der Waals surface area contributed by atoms with Gasteiger partial charge in [-0.05, 0) is 39.5 Å². The fourth-order valence-corrected chi connectivity index (χ4v) is 2.50. The minimum atomic E-state index is -0.436. The number of amides is 2. The molecule has 0 aromatic carbocycles. The van der Waals surface area contributed by atoms with Crippen molar-refractivity contribution in [2.75, 3.05) is 18.4 Å². The Labute approximate surface area is 130 Å². The van der Waals surface area contributed by atoms with Gasteiger partial charge < -0.3 is 11.1 Å². The van der Waals surface area contributed by atoms with Gasteiger partial charge in [-0.15, -0.1) is 0 Å². The Morgan fingerprint density at radius 1 is 1.41 bits per heavy atom. The number of nitrogens with one attached hydrogen (secondary N) is 1. The summed E-state index contributed by atoms with van der Waals surface area (Å²) in [5.74, 6) is 0.748. The molecule has 0 aliphatic heterocycles. The van der Waals surface area contributed by atoms with Crippen LogP contribution in [0.15, 0.2) is 12.3 Å². The molecule has 7 nitrogen and oxygen atoms in total. The monoisotopic (exact) mass is 307 g/mol. The Balaban J connectivity index is 1.96. The second-order valence-corrected chi connectivity index (χ2v) is 6.25. The minimum Gasteiger partial charge on any atom is -0.369 e. The lowest BCUT2D eigenvalue weighted by Crippen LogP contribution is -2.43. The van der Waals surface area contributed by atoms with Crippen molar-refractivity contribution in [1.29, 1.82) is 0 Å². The van der Waals surface area contributed by atoms with Gasteiger partial charge >= 0.3 is 0 Å². The van der Waals surface area contributed by atoms with Crippen LogP contribution in [0.4, 0.5) is 5.82 Å². The van der Waals surface area contributed by atoms with Crippen molar-refractivity contribution in [3.05, 3.63) is 12.3 Å². The van der Waals surface area contributed by atoms with Crippen molar-refractivity contribution in [2.45, 2.75) is 45.7 Å². The van der Waals surface area contributed by atoms with Crippen molar-refractivity contribution in [2.24, 2.45) is 11.7 Å². The van der Waals surface area contributed by atoms with Crippen LogP contribution in [-0.2, 0) is 9.59 Å². The van der Waals surface area contributed by atoms with Crippen LogP contribution >= 0.6 is 0 Å². The molecule has 1 unspecified atom stereocenters. The number of nitrogens with two attached hydrogens (primary N) is 1. The minimum absolute atomic E-state index is 0.0635. The van der Waals surface area contributed by atoms with E-state index < -0.39 is 5.91 Å². The quantitative estimate of drug-likeness (QED) is 0.749. The number of rotatable bonds is 8. The molecule has 1 aromatic heterocycles. The van der Waals surface area contributed by atoms with Crippen LogP contribution in [-0.4, -0.2) is 45.6 Å². The zero-order valence-corrected chi connectivity index (χ0v) is 13.5. The molecule has 1 aliphatic rings. The zero-order chi connectivity index (χ0) is 16.3. The lowest BCUT2D eigenvalue weighted by Gasteiger charge is -2.24. The Hall–Kier alpha value is -1.89. The molecule has 0 spiro atoms. The van der Waals surface area contributed by atoms with E-state index >= 15 is 0 Å². The zero-order valence-electron chi connectivity index (χ0n) is 13.5. The highest BCUT2D eigenvalue weighted by atomic mass is 16.2. The number of anilines is 1. The molecule has 2 amide bonds. The highest BCUT2D eigenvalue weighted by Crippen LogP contribution is 2.40. The molecule has 2 rings (SSSR count). The van der Waals surface area contributed by atoms with Gasteiger partial charge in [0.25, 0.3) is 0 Å². The molecule has 0 saturated heterocycles. The first-order valence-electron chi connectivity index (χ1n) is 7.74. The van der Waals surface area contributed by atoms with E-state index in [9.17, 15) is 9.59 Å². The van der Waals surface area contributed by atoms with Crippen LogP contribution < -0.4 is 11.1 Å². The number of aromatic nitrogens is 2. The van der Waals surface area contributed by atoms with Crippen LogP contribution in [0.1, 0.15) is 39.7 Å². The summed E-state index contributed by atoms with van der Waals surface area (Å²) in [4.78, 5) is 25.0. The number of hydrogen-bond acceptors (Lipinski definition) is 4. The fourth-order valence-electron chi connectivity index (χ4n) is 2.50. The highest BCUT2D eigenvalue weighted by molar-refractivity contribution is 5.91. The van der Waals surface area contributed by atoms with Crippen LogP contribution in [0, 0.1) is 5.92 Å². The largest absolute Gasteiger partial charge is 0.369 e. The lowest BCUT2D eigenvalue weighted by atomic mass is 10.2. The molecule has 1 atom stereocenters. The Morgan fingerprint density at radius 3 is 2.64 bits per heavy atom. The van der Waals surface area contributed by atoms with Gasteiger partial charge in [0.05, 0.1) is 25.3 Å². The first-order valence-corrected chi connectivity index (χ1v) is 7.74. The summed E-state index contributed by atoms with van der Waals surface area (Å²) < 4.78 is 1.86. The molecular formula is C15H25N5O2. The topological polar surface area (TPSA) is 93.2 Å². The summed E-state index contributed by atoms with van der Waals surface area (Å²) in [6, 6.07) is 2.15. The molecule has 7 heteroatoms. The van der Waals surface area contributed by atoms with E-state index in [1.807, 2.05) is 18.5 Å². The second-order valence-electron chi connectivity index (χ2n) is 6.25. The van der Waals surface area contributed by atoms with Gasteiger partial charge in [0, 0.05) is 12.1 Å². The standard InChI is InChI=1S/C15H25N5O2/c1-10(2)19(8-13(16)21)9-15(22)18-14-6-7-17-20(14)11(3)12-4-5-12/h6-7,10-12H,4-5,8-9H2,1-3H3,(H2,16,21)(H,18,22). The molecule has 0 bridgehead atoms. The maximum atomic E-state index is 12.2. The van der Waals surface area contributed by atoms with E-state index in [-0.39, 0.29) is 31.1 Å². The van der Waals surface area contributed by atoms with E-state index in [1.165, 1.54) is 12.8 Å². The number of hydrogen-bond donors (Lipinski definition) is 2. The smallest absolute Gasteiger partial charge is 0.239 e. The summed E-state index contributed by atoms with van der Waals surface area (Å²) in [7, 11) is 0. The molecule has 1 heterocycles. The Bertz CT molecular complexity index is 536. The normalized spacial score (nSPS) is 16.0. The third-order valence-electron chi connectivity index (χ3n) is 4.06. The van der Waals surface area contributed by atoms with Gasteiger partial charge in [0.15, 0.2) is 0 Å². The first-order chi connectivity index (χ1) is 10.4. The van der Waals surface area contributed by atoms with E-state index in [0.29, 0.717) is 11.7 Å². The molecule has 122 valence electrons. The van der Waals surface area contributed by atoms with Gasteiger partial charge in [-0.2, -0.15) is 5.10 Å². The maximum Gasteiger partial charge on any atom is 0.239 e. The average Bonchev–Trinajstić information content (AvgIpc) is 3.17. The predicted molar refractivity (Wildman–Crippen MR) is 84.2 cm³/mol. The third kappa shape index (κ3) is 4.30. The van der Waals surface area contributed by atoms with Crippen molar-refractivity contribution in [3.63, 3.8) is 0 Å². The van der Waals surface area contributed by atoms with Crippen LogP contribution in [0.25, 0.3) is 0 Å². The number of nitrogens with zero attached hydrogens (tertiary/aromatic N) is 3. The maximum absolute atomic E-state index is 12.2. The average molecular weight is 307 g/mol. The van der Waals surface area contributed by atoms with Crippen LogP contribution in [0.3, 0.4) is 0 Å². The molecule has 1 fully saturated rings. The molecule has 22 heavy (non-hydrogen) atoms. The summed E-state index contributed by atoms with van der Waals surface area (Å²) in [5, 5.41) is 7.19.